The molecule has 0 fully saturated rings. The first-order chi connectivity index (χ1) is 8.47. The predicted molar refractivity (Wildman–Crippen MR) is 69.9 cm³/mol. The van der Waals surface area contributed by atoms with Gasteiger partial charge in [-0.3, -0.25) is 9.59 Å². The molecule has 0 aliphatic heterocycles. The molecule has 0 heterocycles. The van der Waals surface area contributed by atoms with Gasteiger partial charge in [-0.05, 0) is 25.0 Å². The van der Waals surface area contributed by atoms with Crippen LogP contribution < -0.4 is 5.32 Å². The van der Waals surface area contributed by atoms with Crippen molar-refractivity contribution in [2.45, 2.75) is 20.3 Å². The molecule has 1 amide bonds. The van der Waals surface area contributed by atoms with Crippen molar-refractivity contribution >= 4 is 23.5 Å². The fraction of sp³-hybridized carbons (Fsp3) is 0.385. The summed E-state index contributed by atoms with van der Waals surface area (Å²) in [7, 11) is 0. The number of nitrogens with one attached hydrogen (secondary N) is 1. The van der Waals surface area contributed by atoms with E-state index in [0.29, 0.717) is 17.0 Å². The molecule has 0 radical (unpaired) electrons. The lowest BCUT2D eigenvalue weighted by Gasteiger charge is -2.12. The summed E-state index contributed by atoms with van der Waals surface area (Å²) < 4.78 is 0. The summed E-state index contributed by atoms with van der Waals surface area (Å²) in [5.41, 5.74) is 1.19. The van der Waals surface area contributed by atoms with Crippen molar-refractivity contribution in [3.05, 3.63) is 34.3 Å². The number of hydrogen-bond donors (Lipinski definition) is 2. The van der Waals surface area contributed by atoms with E-state index in [2.05, 4.69) is 5.32 Å². The Labute approximate surface area is 111 Å². The third-order valence-electron chi connectivity index (χ3n) is 2.79. The van der Waals surface area contributed by atoms with Gasteiger partial charge in [0.25, 0.3) is 5.91 Å². The van der Waals surface area contributed by atoms with Crippen LogP contribution in [0.4, 0.5) is 0 Å². The van der Waals surface area contributed by atoms with E-state index in [1.807, 2.05) is 13.0 Å². The minimum atomic E-state index is -0.909. The van der Waals surface area contributed by atoms with E-state index >= 15 is 0 Å². The molecule has 0 spiro atoms. The molecular formula is C13H16ClNO3. The quantitative estimate of drug-likeness (QED) is 0.863. The lowest BCUT2D eigenvalue weighted by atomic mass is 10.1. The number of aryl methyl sites for hydroxylation is 1. The molecular weight excluding hydrogens is 254 g/mol. The summed E-state index contributed by atoms with van der Waals surface area (Å²) in [6.07, 6.45) is 0.469. The van der Waals surface area contributed by atoms with E-state index in [-0.39, 0.29) is 12.5 Å². The summed E-state index contributed by atoms with van der Waals surface area (Å²) in [6.45, 7) is 3.69. The Morgan fingerprint density at radius 1 is 1.44 bits per heavy atom. The maximum atomic E-state index is 11.9. The number of carbonyl (C=O) groups is 2. The average Bonchev–Trinajstić information content (AvgIpc) is 2.32. The van der Waals surface area contributed by atoms with Crippen LogP contribution >= 0.6 is 11.6 Å². The minimum absolute atomic E-state index is 0.106. The topological polar surface area (TPSA) is 66.4 Å². The average molecular weight is 270 g/mol. The van der Waals surface area contributed by atoms with Crippen molar-refractivity contribution in [3.63, 3.8) is 0 Å². The van der Waals surface area contributed by atoms with Crippen LogP contribution in [0.1, 0.15) is 29.3 Å². The molecule has 98 valence electrons. The Morgan fingerprint density at radius 2 is 2.11 bits per heavy atom. The number of aliphatic carboxylic acids is 1. The van der Waals surface area contributed by atoms with Crippen LogP contribution in [0.25, 0.3) is 0 Å². The molecule has 0 aliphatic carbocycles. The predicted octanol–water partition coefficient (Wildman–Crippen LogP) is 2.49. The highest BCUT2D eigenvalue weighted by molar-refractivity contribution is 6.34. The molecule has 1 aromatic carbocycles. The van der Waals surface area contributed by atoms with Crippen LogP contribution in [-0.4, -0.2) is 23.5 Å². The van der Waals surface area contributed by atoms with Gasteiger partial charge in [-0.25, -0.2) is 0 Å². The SMILES string of the molecule is CCC(CNC(=O)c1cccc(C)c1Cl)C(=O)O. The summed E-state index contributed by atoms with van der Waals surface area (Å²) in [6, 6.07) is 5.17. The molecule has 5 heteroatoms. The fourth-order valence-corrected chi connectivity index (χ4v) is 1.75. The second-order valence-corrected chi connectivity index (χ2v) is 4.47. The van der Waals surface area contributed by atoms with Crippen molar-refractivity contribution in [2.24, 2.45) is 5.92 Å². The third kappa shape index (κ3) is 3.47. The first kappa shape index (κ1) is 14.5. The molecule has 1 rings (SSSR count). The van der Waals surface area contributed by atoms with Gasteiger partial charge < -0.3 is 10.4 Å². The lowest BCUT2D eigenvalue weighted by molar-refractivity contribution is -0.141. The van der Waals surface area contributed by atoms with Gasteiger partial charge in [0.05, 0.1) is 16.5 Å². The second kappa shape index (κ2) is 6.40. The first-order valence-corrected chi connectivity index (χ1v) is 6.11. The summed E-state index contributed by atoms with van der Waals surface area (Å²) in [4.78, 5) is 22.7. The van der Waals surface area contributed by atoms with Crippen molar-refractivity contribution in [3.8, 4) is 0 Å². The van der Waals surface area contributed by atoms with Crippen LogP contribution in [0.3, 0.4) is 0 Å². The highest BCUT2D eigenvalue weighted by atomic mass is 35.5. The number of carboxylic acids is 1. The maximum absolute atomic E-state index is 11.9. The fourth-order valence-electron chi connectivity index (χ4n) is 1.54. The van der Waals surface area contributed by atoms with E-state index in [0.717, 1.165) is 5.56 Å². The zero-order valence-corrected chi connectivity index (χ0v) is 11.1. The molecule has 1 aromatic rings. The number of halogens is 1. The van der Waals surface area contributed by atoms with Crippen LogP contribution in [0.5, 0.6) is 0 Å². The second-order valence-electron chi connectivity index (χ2n) is 4.09. The van der Waals surface area contributed by atoms with Crippen LogP contribution in [0.2, 0.25) is 5.02 Å². The van der Waals surface area contributed by atoms with Gasteiger partial charge in [0.2, 0.25) is 0 Å². The molecule has 0 saturated heterocycles. The number of carboxylic acid groups (broad SMARTS) is 1. The van der Waals surface area contributed by atoms with Gasteiger partial charge >= 0.3 is 5.97 Å². The van der Waals surface area contributed by atoms with Crippen molar-refractivity contribution in [1.29, 1.82) is 0 Å². The van der Waals surface area contributed by atoms with Crippen LogP contribution in [-0.2, 0) is 4.79 Å². The molecule has 1 unspecified atom stereocenters. The normalized spacial score (nSPS) is 11.9. The smallest absolute Gasteiger partial charge is 0.308 e. The molecule has 4 nitrogen and oxygen atoms in total. The Kier molecular flexibility index (Phi) is 5.16. The van der Waals surface area contributed by atoms with Crippen LogP contribution in [0.15, 0.2) is 18.2 Å². The van der Waals surface area contributed by atoms with Crippen LogP contribution in [0, 0.1) is 12.8 Å². The summed E-state index contributed by atoms with van der Waals surface area (Å²) in [5.74, 6) is -1.82. The zero-order valence-electron chi connectivity index (χ0n) is 10.4. The lowest BCUT2D eigenvalue weighted by Crippen LogP contribution is -2.32. The van der Waals surface area contributed by atoms with Crippen molar-refractivity contribution in [1.82, 2.24) is 5.32 Å². The van der Waals surface area contributed by atoms with Gasteiger partial charge in [-0.2, -0.15) is 0 Å². The molecule has 0 aromatic heterocycles. The summed E-state index contributed by atoms with van der Waals surface area (Å²) >= 11 is 6.02. The highest BCUT2D eigenvalue weighted by Crippen LogP contribution is 2.20. The number of rotatable bonds is 5. The summed E-state index contributed by atoms with van der Waals surface area (Å²) in [5, 5.41) is 11.9. The standard InChI is InChI=1S/C13H16ClNO3/c1-3-9(13(17)18)7-15-12(16)10-6-4-5-8(2)11(10)14/h4-6,9H,3,7H2,1-2H3,(H,15,16)(H,17,18). The van der Waals surface area contributed by atoms with E-state index < -0.39 is 11.9 Å². The van der Waals surface area contributed by atoms with E-state index in [1.165, 1.54) is 0 Å². The molecule has 18 heavy (non-hydrogen) atoms. The molecule has 0 bridgehead atoms. The number of hydrogen-bond acceptors (Lipinski definition) is 2. The van der Waals surface area contributed by atoms with Gasteiger partial charge in [0, 0.05) is 6.54 Å². The Balaban J connectivity index is 2.71. The Morgan fingerprint density at radius 3 is 2.67 bits per heavy atom. The largest absolute Gasteiger partial charge is 0.481 e. The van der Waals surface area contributed by atoms with Crippen molar-refractivity contribution in [2.75, 3.05) is 6.54 Å². The van der Waals surface area contributed by atoms with Gasteiger partial charge in [-0.15, -0.1) is 0 Å². The van der Waals surface area contributed by atoms with Gasteiger partial charge in [0.15, 0.2) is 0 Å². The maximum Gasteiger partial charge on any atom is 0.308 e. The van der Waals surface area contributed by atoms with E-state index in [1.54, 1.807) is 19.1 Å². The number of carbonyl (C=O) groups excluding carboxylic acids is 1. The minimum Gasteiger partial charge on any atom is -0.481 e. The molecule has 2 N–H and O–H groups in total. The van der Waals surface area contributed by atoms with Gasteiger partial charge in [0.1, 0.15) is 0 Å². The van der Waals surface area contributed by atoms with Gasteiger partial charge in [-0.1, -0.05) is 30.7 Å². The molecule has 0 aliphatic rings. The Bertz CT molecular complexity index is 460. The number of amides is 1. The Hall–Kier alpha value is -1.55. The molecule has 1 atom stereocenters. The third-order valence-corrected chi connectivity index (χ3v) is 3.29. The zero-order chi connectivity index (χ0) is 13.7. The van der Waals surface area contributed by atoms with Crippen molar-refractivity contribution < 1.29 is 14.7 Å². The first-order valence-electron chi connectivity index (χ1n) is 5.73. The monoisotopic (exact) mass is 269 g/mol. The molecule has 0 saturated carbocycles. The highest BCUT2D eigenvalue weighted by Gasteiger charge is 2.17. The van der Waals surface area contributed by atoms with E-state index in [9.17, 15) is 9.59 Å². The number of benzene rings is 1. The van der Waals surface area contributed by atoms with E-state index in [4.69, 9.17) is 16.7 Å².